The first-order valence-corrected chi connectivity index (χ1v) is 6.85. The first-order chi connectivity index (χ1) is 8.75. The zero-order chi connectivity index (χ0) is 12.5. The first kappa shape index (κ1) is 14.3. The van der Waals surface area contributed by atoms with Gasteiger partial charge in [0.15, 0.2) is 0 Å². The molecule has 2 heterocycles. The number of nitrogens with zero attached hydrogens (tertiary/aromatic N) is 1. The van der Waals surface area contributed by atoms with Crippen LogP contribution in [0.4, 0.5) is 0 Å². The number of benzene rings is 1. The zero-order valence-corrected chi connectivity index (χ0v) is 12.3. The van der Waals surface area contributed by atoms with E-state index < -0.39 is 0 Å². The molecule has 19 heavy (non-hydrogen) atoms. The van der Waals surface area contributed by atoms with Crippen LogP contribution in [0.2, 0.25) is 5.15 Å². The second kappa shape index (κ2) is 5.88. The Morgan fingerprint density at radius 2 is 1.95 bits per heavy atom. The van der Waals surface area contributed by atoms with Crippen molar-refractivity contribution in [2.75, 3.05) is 0 Å². The third-order valence-corrected chi connectivity index (χ3v) is 4.15. The van der Waals surface area contributed by atoms with Crippen molar-refractivity contribution in [1.29, 1.82) is 0 Å². The molecule has 98 valence electrons. The standard InChI is InChI=1S/C14H11ClN2S.ClH/c15-14-10(13(16)12-6-3-7-18-12)8-9-4-1-2-5-11(9)17-14;/h1-8,13H,16H2;1H/t13-;/m1./s1. The van der Waals surface area contributed by atoms with Crippen LogP contribution in [-0.4, -0.2) is 4.98 Å². The van der Waals surface area contributed by atoms with Crippen LogP contribution in [0.3, 0.4) is 0 Å². The van der Waals surface area contributed by atoms with Gasteiger partial charge in [0.1, 0.15) is 5.15 Å². The number of halogens is 2. The van der Waals surface area contributed by atoms with Gasteiger partial charge in [0.25, 0.3) is 0 Å². The van der Waals surface area contributed by atoms with Crippen LogP contribution in [-0.2, 0) is 0 Å². The highest BCUT2D eigenvalue weighted by Crippen LogP contribution is 2.30. The Labute approximate surface area is 126 Å². The fourth-order valence-corrected chi connectivity index (χ4v) is 2.96. The van der Waals surface area contributed by atoms with E-state index in [9.17, 15) is 0 Å². The van der Waals surface area contributed by atoms with Crippen molar-refractivity contribution in [2.24, 2.45) is 5.73 Å². The van der Waals surface area contributed by atoms with E-state index in [0.717, 1.165) is 21.3 Å². The van der Waals surface area contributed by atoms with Crippen LogP contribution in [0.1, 0.15) is 16.5 Å². The number of thiophene rings is 1. The first-order valence-electron chi connectivity index (χ1n) is 5.60. The monoisotopic (exact) mass is 310 g/mol. The Hall–Kier alpha value is -1.13. The lowest BCUT2D eigenvalue weighted by Gasteiger charge is -2.12. The Morgan fingerprint density at radius 1 is 1.16 bits per heavy atom. The largest absolute Gasteiger partial charge is 0.320 e. The van der Waals surface area contributed by atoms with Crippen molar-refractivity contribution >= 4 is 46.2 Å². The number of para-hydroxylation sites is 1. The number of aromatic nitrogens is 1. The van der Waals surface area contributed by atoms with Crippen LogP contribution in [0.5, 0.6) is 0 Å². The van der Waals surface area contributed by atoms with Gasteiger partial charge < -0.3 is 5.73 Å². The van der Waals surface area contributed by atoms with Crippen LogP contribution >= 0.6 is 35.3 Å². The molecule has 3 rings (SSSR count). The van der Waals surface area contributed by atoms with Gasteiger partial charge in [0.05, 0.1) is 11.6 Å². The van der Waals surface area contributed by atoms with Crippen molar-refractivity contribution in [3.05, 3.63) is 63.4 Å². The zero-order valence-electron chi connectivity index (χ0n) is 9.92. The number of pyridine rings is 1. The summed E-state index contributed by atoms with van der Waals surface area (Å²) in [7, 11) is 0. The number of fused-ring (bicyclic) bond motifs is 1. The Kier molecular flexibility index (Phi) is 4.42. The van der Waals surface area contributed by atoms with Gasteiger partial charge in [-0.2, -0.15) is 0 Å². The minimum Gasteiger partial charge on any atom is -0.320 e. The van der Waals surface area contributed by atoms with E-state index >= 15 is 0 Å². The highest BCUT2D eigenvalue weighted by Gasteiger charge is 2.15. The molecule has 0 aliphatic rings. The quantitative estimate of drug-likeness (QED) is 0.712. The molecule has 2 N–H and O–H groups in total. The predicted molar refractivity (Wildman–Crippen MR) is 84.4 cm³/mol. The highest BCUT2D eigenvalue weighted by atomic mass is 35.5. The van der Waals surface area contributed by atoms with Gasteiger partial charge in [-0.25, -0.2) is 4.98 Å². The number of rotatable bonds is 2. The minimum absolute atomic E-state index is 0. The van der Waals surface area contributed by atoms with Crippen molar-refractivity contribution in [2.45, 2.75) is 6.04 Å². The van der Waals surface area contributed by atoms with E-state index in [1.165, 1.54) is 0 Å². The SMILES string of the molecule is Cl.N[C@@H](c1cccs1)c1cc2ccccc2nc1Cl. The third-order valence-electron chi connectivity index (χ3n) is 2.89. The van der Waals surface area contributed by atoms with E-state index in [-0.39, 0.29) is 18.4 Å². The molecule has 0 bridgehead atoms. The van der Waals surface area contributed by atoms with Gasteiger partial charge in [-0.1, -0.05) is 35.9 Å². The van der Waals surface area contributed by atoms with E-state index in [4.69, 9.17) is 17.3 Å². The second-order valence-corrected chi connectivity index (χ2v) is 5.39. The van der Waals surface area contributed by atoms with Gasteiger partial charge >= 0.3 is 0 Å². The van der Waals surface area contributed by atoms with Gasteiger partial charge in [0.2, 0.25) is 0 Å². The maximum Gasteiger partial charge on any atom is 0.134 e. The van der Waals surface area contributed by atoms with E-state index in [2.05, 4.69) is 4.98 Å². The Morgan fingerprint density at radius 3 is 2.68 bits per heavy atom. The summed E-state index contributed by atoms with van der Waals surface area (Å²) in [6.07, 6.45) is 0. The minimum atomic E-state index is -0.213. The summed E-state index contributed by atoms with van der Waals surface area (Å²) in [5.41, 5.74) is 8.00. The van der Waals surface area contributed by atoms with Crippen molar-refractivity contribution < 1.29 is 0 Å². The van der Waals surface area contributed by atoms with Crippen LogP contribution in [0.15, 0.2) is 47.8 Å². The lowest BCUT2D eigenvalue weighted by atomic mass is 10.1. The molecule has 2 aromatic heterocycles. The summed E-state index contributed by atoms with van der Waals surface area (Å²) in [5, 5.41) is 3.55. The topological polar surface area (TPSA) is 38.9 Å². The molecule has 0 unspecified atom stereocenters. The summed E-state index contributed by atoms with van der Waals surface area (Å²) >= 11 is 7.86. The van der Waals surface area contributed by atoms with Gasteiger partial charge in [0, 0.05) is 15.8 Å². The van der Waals surface area contributed by atoms with Crippen LogP contribution in [0, 0.1) is 0 Å². The highest BCUT2D eigenvalue weighted by molar-refractivity contribution is 7.10. The molecule has 5 heteroatoms. The molecule has 0 amide bonds. The van der Waals surface area contributed by atoms with E-state index in [1.54, 1.807) is 11.3 Å². The van der Waals surface area contributed by atoms with Crippen molar-refractivity contribution in [1.82, 2.24) is 4.98 Å². The molecule has 0 aliphatic heterocycles. The molecular weight excluding hydrogens is 299 g/mol. The predicted octanol–water partition coefficient (Wildman–Crippen LogP) is 4.42. The Bertz CT molecular complexity index is 683. The number of hydrogen-bond acceptors (Lipinski definition) is 3. The molecule has 0 spiro atoms. The summed E-state index contributed by atoms with van der Waals surface area (Å²) in [5.74, 6) is 0. The molecule has 0 fully saturated rings. The van der Waals surface area contributed by atoms with Gasteiger partial charge in [-0.05, 0) is 23.6 Å². The average molecular weight is 311 g/mol. The van der Waals surface area contributed by atoms with E-state index in [1.807, 2.05) is 47.8 Å². The van der Waals surface area contributed by atoms with Crippen LogP contribution < -0.4 is 5.73 Å². The smallest absolute Gasteiger partial charge is 0.134 e. The average Bonchev–Trinajstić information content (AvgIpc) is 2.91. The summed E-state index contributed by atoms with van der Waals surface area (Å²) in [6.45, 7) is 0. The van der Waals surface area contributed by atoms with E-state index in [0.29, 0.717) is 5.15 Å². The summed E-state index contributed by atoms with van der Waals surface area (Å²) < 4.78 is 0. The number of hydrogen-bond donors (Lipinski definition) is 1. The lowest BCUT2D eigenvalue weighted by Crippen LogP contribution is -2.11. The molecule has 3 aromatic rings. The summed E-state index contributed by atoms with van der Waals surface area (Å²) in [6, 6.07) is 13.7. The molecular formula is C14H12Cl2N2S. The fourth-order valence-electron chi connectivity index (χ4n) is 1.95. The maximum atomic E-state index is 6.24. The molecule has 2 nitrogen and oxygen atoms in total. The lowest BCUT2D eigenvalue weighted by molar-refractivity contribution is 0.889. The molecule has 0 saturated heterocycles. The maximum absolute atomic E-state index is 6.24. The normalized spacial score (nSPS) is 12.1. The summed E-state index contributed by atoms with van der Waals surface area (Å²) in [4.78, 5) is 5.49. The molecule has 1 atom stereocenters. The number of nitrogens with two attached hydrogens (primary N) is 1. The molecule has 0 radical (unpaired) electrons. The fraction of sp³-hybridized carbons (Fsp3) is 0.0714. The second-order valence-electron chi connectivity index (χ2n) is 4.05. The van der Waals surface area contributed by atoms with Gasteiger partial charge in [-0.15, -0.1) is 23.7 Å². The van der Waals surface area contributed by atoms with Crippen molar-refractivity contribution in [3.8, 4) is 0 Å². The van der Waals surface area contributed by atoms with Gasteiger partial charge in [-0.3, -0.25) is 0 Å². The third kappa shape index (κ3) is 2.74. The molecule has 0 aliphatic carbocycles. The van der Waals surface area contributed by atoms with Crippen LogP contribution in [0.25, 0.3) is 10.9 Å². The van der Waals surface area contributed by atoms with Crippen molar-refractivity contribution in [3.63, 3.8) is 0 Å². The molecule has 0 saturated carbocycles. The Balaban J connectivity index is 0.00000133. The molecule has 1 aromatic carbocycles.